The Morgan fingerprint density at radius 1 is 1.30 bits per heavy atom. The number of halogens is 3. The number of aromatic nitrogens is 2. The summed E-state index contributed by atoms with van der Waals surface area (Å²) in [6, 6.07) is 4.59. The van der Waals surface area contributed by atoms with Crippen LogP contribution in [0.2, 0.25) is 0 Å². The van der Waals surface area contributed by atoms with E-state index in [-0.39, 0.29) is 5.16 Å². The maximum Gasteiger partial charge on any atom is 0.433 e. The zero-order chi connectivity index (χ0) is 14.2. The Bertz CT molecular complexity index is 592. The standard InChI is InChI=1S/C13H11F3N2S2/c14-13(15,16)11-6-9(10-2-1-5-19-10)17-12(18-11)20-7-8-3-4-8/h1-2,5-6,8H,3-4,7H2. The lowest BCUT2D eigenvalue weighted by molar-refractivity contribution is -0.141. The molecule has 0 aromatic carbocycles. The largest absolute Gasteiger partial charge is 0.433 e. The van der Waals surface area contributed by atoms with Crippen LogP contribution in [0.1, 0.15) is 18.5 Å². The number of nitrogens with zero attached hydrogens (tertiary/aromatic N) is 2. The molecule has 0 saturated heterocycles. The van der Waals surface area contributed by atoms with E-state index in [0.29, 0.717) is 11.6 Å². The van der Waals surface area contributed by atoms with Crippen LogP contribution in [0.5, 0.6) is 0 Å². The molecule has 0 atom stereocenters. The molecule has 20 heavy (non-hydrogen) atoms. The summed E-state index contributed by atoms with van der Waals surface area (Å²) in [7, 11) is 0. The van der Waals surface area contributed by atoms with Crippen LogP contribution in [0, 0.1) is 5.92 Å². The average Bonchev–Trinajstić information content (AvgIpc) is 3.07. The van der Waals surface area contributed by atoms with Gasteiger partial charge in [-0.05, 0) is 36.3 Å². The lowest BCUT2D eigenvalue weighted by Gasteiger charge is -2.09. The molecule has 106 valence electrons. The first-order valence-electron chi connectivity index (χ1n) is 6.15. The van der Waals surface area contributed by atoms with Gasteiger partial charge in [0.05, 0.1) is 10.6 Å². The molecule has 1 aliphatic carbocycles. The van der Waals surface area contributed by atoms with Gasteiger partial charge in [0.25, 0.3) is 0 Å². The van der Waals surface area contributed by atoms with Crippen LogP contribution < -0.4 is 0 Å². The highest BCUT2D eigenvalue weighted by Gasteiger charge is 2.34. The van der Waals surface area contributed by atoms with Crippen molar-refractivity contribution in [2.75, 3.05) is 5.75 Å². The number of hydrogen-bond donors (Lipinski definition) is 0. The van der Waals surface area contributed by atoms with E-state index in [2.05, 4.69) is 9.97 Å². The van der Waals surface area contributed by atoms with Crippen molar-refractivity contribution in [2.45, 2.75) is 24.2 Å². The van der Waals surface area contributed by atoms with Gasteiger partial charge in [-0.3, -0.25) is 0 Å². The molecular weight excluding hydrogens is 305 g/mol. The van der Waals surface area contributed by atoms with Crippen molar-refractivity contribution in [2.24, 2.45) is 5.92 Å². The zero-order valence-corrected chi connectivity index (χ0v) is 12.0. The van der Waals surface area contributed by atoms with E-state index in [4.69, 9.17) is 0 Å². The molecule has 7 heteroatoms. The highest BCUT2D eigenvalue weighted by Crippen LogP contribution is 2.36. The fourth-order valence-electron chi connectivity index (χ4n) is 1.66. The fourth-order valence-corrected chi connectivity index (χ4v) is 3.39. The maximum absolute atomic E-state index is 12.9. The van der Waals surface area contributed by atoms with Crippen LogP contribution >= 0.6 is 23.1 Å². The van der Waals surface area contributed by atoms with E-state index < -0.39 is 11.9 Å². The van der Waals surface area contributed by atoms with Gasteiger partial charge < -0.3 is 0 Å². The third-order valence-electron chi connectivity index (χ3n) is 2.91. The lowest BCUT2D eigenvalue weighted by Crippen LogP contribution is -2.10. The second kappa shape index (κ2) is 5.37. The number of thiophene rings is 1. The summed E-state index contributed by atoms with van der Waals surface area (Å²) < 4.78 is 38.7. The monoisotopic (exact) mass is 316 g/mol. The molecule has 0 bridgehead atoms. The van der Waals surface area contributed by atoms with E-state index >= 15 is 0 Å². The smallest absolute Gasteiger partial charge is 0.222 e. The molecule has 0 spiro atoms. The molecule has 1 fully saturated rings. The maximum atomic E-state index is 12.9. The van der Waals surface area contributed by atoms with E-state index in [1.807, 2.05) is 5.38 Å². The Hall–Kier alpha value is -1.08. The third kappa shape index (κ3) is 3.32. The summed E-state index contributed by atoms with van der Waals surface area (Å²) in [6.07, 6.45) is -2.13. The lowest BCUT2D eigenvalue weighted by atomic mass is 10.3. The van der Waals surface area contributed by atoms with Gasteiger partial charge in [-0.1, -0.05) is 17.8 Å². The number of hydrogen-bond acceptors (Lipinski definition) is 4. The Balaban J connectivity index is 1.93. The number of alkyl halides is 3. The molecular formula is C13H11F3N2S2. The van der Waals surface area contributed by atoms with E-state index in [9.17, 15) is 13.2 Å². The molecule has 0 unspecified atom stereocenters. The first kappa shape index (κ1) is 13.9. The predicted molar refractivity (Wildman–Crippen MR) is 73.8 cm³/mol. The molecule has 0 radical (unpaired) electrons. The van der Waals surface area contributed by atoms with Crippen molar-refractivity contribution >= 4 is 23.1 Å². The summed E-state index contributed by atoms with van der Waals surface area (Å²) in [5.74, 6) is 1.41. The summed E-state index contributed by atoms with van der Waals surface area (Å²) in [6.45, 7) is 0. The topological polar surface area (TPSA) is 25.8 Å². The van der Waals surface area contributed by atoms with Crippen LogP contribution in [0.15, 0.2) is 28.7 Å². The summed E-state index contributed by atoms with van der Waals surface area (Å²) in [4.78, 5) is 8.63. The number of rotatable bonds is 4. The van der Waals surface area contributed by atoms with E-state index in [1.165, 1.54) is 23.1 Å². The van der Waals surface area contributed by atoms with Gasteiger partial charge in [0.1, 0.15) is 5.69 Å². The van der Waals surface area contributed by atoms with Crippen molar-refractivity contribution in [1.82, 2.24) is 9.97 Å². The second-order valence-corrected chi connectivity index (χ2v) is 6.59. The zero-order valence-electron chi connectivity index (χ0n) is 10.4. The first-order valence-corrected chi connectivity index (χ1v) is 8.02. The quantitative estimate of drug-likeness (QED) is 0.602. The number of thioether (sulfide) groups is 1. The molecule has 2 aromatic rings. The molecule has 1 aliphatic rings. The molecule has 3 rings (SSSR count). The van der Waals surface area contributed by atoms with E-state index in [1.54, 1.807) is 12.1 Å². The first-order chi connectivity index (χ1) is 9.52. The van der Waals surface area contributed by atoms with Crippen molar-refractivity contribution < 1.29 is 13.2 Å². The van der Waals surface area contributed by atoms with Crippen LogP contribution in [0.4, 0.5) is 13.2 Å². The minimum atomic E-state index is -4.44. The van der Waals surface area contributed by atoms with Gasteiger partial charge in [0, 0.05) is 5.75 Å². The Labute approximate surface area is 122 Å². The Morgan fingerprint density at radius 3 is 2.70 bits per heavy atom. The highest BCUT2D eigenvalue weighted by molar-refractivity contribution is 7.99. The Morgan fingerprint density at radius 2 is 2.10 bits per heavy atom. The molecule has 2 aromatic heterocycles. The van der Waals surface area contributed by atoms with Crippen LogP contribution in [-0.4, -0.2) is 15.7 Å². The van der Waals surface area contributed by atoms with Gasteiger partial charge in [-0.2, -0.15) is 13.2 Å². The van der Waals surface area contributed by atoms with Crippen molar-refractivity contribution in [1.29, 1.82) is 0 Å². The molecule has 1 saturated carbocycles. The average molecular weight is 316 g/mol. The van der Waals surface area contributed by atoms with E-state index in [0.717, 1.165) is 29.5 Å². The van der Waals surface area contributed by atoms with Gasteiger partial charge in [-0.15, -0.1) is 11.3 Å². The predicted octanol–water partition coefficient (Wildman–Crippen LogP) is 4.73. The van der Waals surface area contributed by atoms with Crippen LogP contribution in [0.3, 0.4) is 0 Å². The summed E-state index contributed by atoms with van der Waals surface area (Å²) in [5, 5.41) is 2.04. The molecule has 2 nitrogen and oxygen atoms in total. The second-order valence-electron chi connectivity index (χ2n) is 4.65. The minimum absolute atomic E-state index is 0.218. The minimum Gasteiger partial charge on any atom is -0.222 e. The van der Waals surface area contributed by atoms with Gasteiger partial charge in [0.2, 0.25) is 0 Å². The molecule has 0 N–H and O–H groups in total. The normalized spacial score (nSPS) is 15.6. The molecule has 2 heterocycles. The van der Waals surface area contributed by atoms with Gasteiger partial charge >= 0.3 is 6.18 Å². The fraction of sp³-hybridized carbons (Fsp3) is 0.385. The van der Waals surface area contributed by atoms with Crippen molar-refractivity contribution in [3.05, 3.63) is 29.3 Å². The summed E-state index contributed by atoms with van der Waals surface area (Å²) in [5.41, 5.74) is -0.519. The SMILES string of the molecule is FC(F)(F)c1cc(-c2cccs2)nc(SCC2CC2)n1. The Kier molecular flexibility index (Phi) is 3.72. The highest BCUT2D eigenvalue weighted by atomic mass is 32.2. The third-order valence-corrected chi connectivity index (χ3v) is 4.89. The van der Waals surface area contributed by atoms with Gasteiger partial charge in [-0.25, -0.2) is 9.97 Å². The van der Waals surface area contributed by atoms with Gasteiger partial charge in [0.15, 0.2) is 5.16 Å². The van der Waals surface area contributed by atoms with Crippen molar-refractivity contribution in [3.8, 4) is 10.6 Å². The molecule has 0 amide bonds. The molecule has 0 aliphatic heterocycles. The van der Waals surface area contributed by atoms with Crippen molar-refractivity contribution in [3.63, 3.8) is 0 Å². The summed E-state index contributed by atoms with van der Waals surface area (Å²) >= 11 is 2.69. The van der Waals surface area contributed by atoms with Crippen LogP contribution in [-0.2, 0) is 6.18 Å². The van der Waals surface area contributed by atoms with Crippen LogP contribution in [0.25, 0.3) is 10.6 Å².